The van der Waals surface area contributed by atoms with Gasteiger partial charge in [-0.25, -0.2) is 30.0 Å². The average molecular weight is 988 g/mol. The number of fused-ring (bicyclic) bond motifs is 2. The van der Waals surface area contributed by atoms with Gasteiger partial charge in [0.1, 0.15) is 4.70 Å². The van der Waals surface area contributed by atoms with E-state index >= 15 is 0 Å². The number of anilines is 1. The molecule has 23 heteroatoms. The molecule has 1 fully saturated rings. The van der Waals surface area contributed by atoms with Crippen molar-refractivity contribution in [3.05, 3.63) is 81.9 Å². The Morgan fingerprint density at radius 3 is 2.00 bits per heavy atom. The monoisotopic (exact) mass is 987 g/mol. The number of hydrogen-bond acceptors (Lipinski definition) is 16. The first kappa shape index (κ1) is 54.6. The number of unbranched alkanes of at least 4 members (excludes halogenated alkanes) is 2. The van der Waals surface area contributed by atoms with Gasteiger partial charge in [0.25, 0.3) is 16.8 Å². The third kappa shape index (κ3) is 18.3. The Kier molecular flexibility index (Phi) is 22.7. The quantitative estimate of drug-likeness (QED) is 0.0272. The van der Waals surface area contributed by atoms with E-state index in [1.807, 2.05) is 71.3 Å². The number of allylic oxidation sites excluding steroid dienone is 4. The number of thiazole rings is 1. The maximum absolute atomic E-state index is 12.3. The van der Waals surface area contributed by atoms with Crippen LogP contribution < -0.4 is 112 Å². The molecule has 2 aliphatic rings. The van der Waals surface area contributed by atoms with Crippen LogP contribution in [0.1, 0.15) is 73.9 Å². The van der Waals surface area contributed by atoms with Gasteiger partial charge >= 0.3 is 109 Å². The topological polar surface area (TPSA) is 242 Å². The van der Waals surface area contributed by atoms with Crippen molar-refractivity contribution in [2.75, 3.05) is 28.7 Å². The van der Waals surface area contributed by atoms with Crippen molar-refractivity contribution >= 4 is 93.2 Å². The Labute approximate surface area is 449 Å². The number of aryl methyl sites for hydroxylation is 3. The summed E-state index contributed by atoms with van der Waals surface area (Å²) >= 11 is 2.96. The summed E-state index contributed by atoms with van der Waals surface area (Å²) in [5.41, 5.74) is 3.48. The van der Waals surface area contributed by atoms with Gasteiger partial charge in [-0.15, -0.1) is 5.06 Å². The van der Waals surface area contributed by atoms with Gasteiger partial charge in [-0.05, 0) is 73.9 Å². The molecule has 320 valence electrons. The van der Waals surface area contributed by atoms with Gasteiger partial charge in [0.15, 0.2) is 6.54 Å². The summed E-state index contributed by atoms with van der Waals surface area (Å²) in [6, 6.07) is 11.4. The summed E-state index contributed by atoms with van der Waals surface area (Å²) in [6.45, 7) is 0.858. The number of carbonyl (C=O) groups excluding carboxylic acids is 3. The van der Waals surface area contributed by atoms with Gasteiger partial charge < -0.3 is 23.4 Å². The van der Waals surface area contributed by atoms with Crippen molar-refractivity contribution in [3.63, 3.8) is 0 Å². The molecule has 1 saturated heterocycles. The maximum Gasteiger partial charge on any atom is 1.00 e. The van der Waals surface area contributed by atoms with E-state index in [2.05, 4.69) is 4.90 Å². The SMILES string of the molecule is O=C(CCCCCN1/C(=C/C=C/C=C/c2sc3cc(CCCS(=O)(=O)[O-])ccc3[n+]2CCCS(=O)(=O)[O-])Sc2cc(CCCS(=O)(=O)[O-])ccc21)ON1C(=O)CCC1=O.[K+].[K+]. The van der Waals surface area contributed by atoms with Crippen LogP contribution in [0.25, 0.3) is 16.3 Å². The molecule has 0 saturated carbocycles. The summed E-state index contributed by atoms with van der Waals surface area (Å²) in [5.74, 6) is -3.16. The van der Waals surface area contributed by atoms with Crippen molar-refractivity contribution in [1.29, 1.82) is 0 Å². The van der Waals surface area contributed by atoms with E-state index in [0.717, 1.165) is 42.0 Å². The van der Waals surface area contributed by atoms with Crippen molar-refractivity contribution in [3.8, 4) is 0 Å². The predicted octanol–water partition coefficient (Wildman–Crippen LogP) is -1.72. The molecule has 3 aromatic rings. The fourth-order valence-electron chi connectivity index (χ4n) is 6.49. The molecule has 0 bridgehead atoms. The van der Waals surface area contributed by atoms with Gasteiger partial charge in [-0.2, -0.15) is 4.57 Å². The number of rotatable bonds is 22. The maximum atomic E-state index is 12.3. The molecule has 0 unspecified atom stereocenters. The molecule has 0 N–H and O–H groups in total. The predicted molar refractivity (Wildman–Crippen MR) is 219 cm³/mol. The number of hydroxylamine groups is 2. The van der Waals surface area contributed by atoms with Crippen LogP contribution in [-0.2, 0) is 69.0 Å². The summed E-state index contributed by atoms with van der Waals surface area (Å²) < 4.78 is 103. The molecule has 3 heterocycles. The number of imide groups is 1. The molecule has 16 nitrogen and oxygen atoms in total. The van der Waals surface area contributed by atoms with E-state index in [0.29, 0.717) is 43.7 Å². The minimum atomic E-state index is -4.41. The van der Waals surface area contributed by atoms with E-state index in [1.165, 1.54) is 23.1 Å². The second-order valence-corrected chi connectivity index (χ2v) is 20.6. The Morgan fingerprint density at radius 1 is 0.754 bits per heavy atom. The van der Waals surface area contributed by atoms with Gasteiger partial charge in [0.05, 0.1) is 41.1 Å². The van der Waals surface area contributed by atoms with E-state index in [-0.39, 0.29) is 148 Å². The fraction of sp³-hybridized carbons (Fsp3) is 0.421. The molecule has 0 aliphatic carbocycles. The number of thioether (sulfide) groups is 1. The van der Waals surface area contributed by atoms with Crippen molar-refractivity contribution in [1.82, 2.24) is 5.06 Å². The largest absolute Gasteiger partial charge is 1.00 e. The van der Waals surface area contributed by atoms with Gasteiger partial charge in [-0.3, -0.25) is 9.59 Å². The second-order valence-electron chi connectivity index (χ2n) is 13.9. The van der Waals surface area contributed by atoms with Crippen LogP contribution in [0.5, 0.6) is 0 Å². The summed E-state index contributed by atoms with van der Waals surface area (Å²) in [7, 11) is -13.1. The Hall–Kier alpha value is -0.687. The molecule has 1 aromatic heterocycles. The van der Waals surface area contributed by atoms with E-state index in [1.54, 1.807) is 0 Å². The third-order valence-corrected chi connectivity index (χ3v) is 13.8. The molecule has 2 amide bonds. The number of nitrogens with zero attached hydrogens (tertiary/aromatic N) is 3. The van der Waals surface area contributed by atoms with Crippen molar-refractivity contribution in [2.24, 2.45) is 0 Å². The summed E-state index contributed by atoms with van der Waals surface area (Å²) in [6.07, 6.45) is 12.5. The standard InChI is InChI=1S/C38H45N3O13S5.2K/c42-34-19-20-35(43)41(34)54-38(44)14-5-2-6-21-39-30-17-15-28(10-7-23-57(45,46)47)26-32(30)55-36(39)12-3-1-4-13-37-40(22-9-25-59(51,52)53)31-18-16-29(27-33(31)56-37)11-8-24-58(48,49)50;;/h1,3-4,12-13,15-18,26-27H,2,5-11,14,19-25H2,(H2-,45,46,47,48,49,50,51,52,53);;/q;2*+1/p-2. The first-order chi connectivity index (χ1) is 27.8. The first-order valence-corrected chi connectivity index (χ1v) is 25.2. The normalized spacial score (nSPS) is 15.3. The Bertz CT molecular complexity index is 2470. The molecule has 2 aliphatic heterocycles. The zero-order chi connectivity index (χ0) is 42.8. The number of benzene rings is 2. The molecular weight excluding hydrogens is 945 g/mol. The van der Waals surface area contributed by atoms with Crippen LogP contribution in [0.15, 0.2) is 70.6 Å². The number of carbonyl (C=O) groups is 3. The molecular formula is C38H43K2N3O13S5. The smallest absolute Gasteiger partial charge is 0.748 e. The molecule has 61 heavy (non-hydrogen) atoms. The van der Waals surface area contributed by atoms with Crippen molar-refractivity contribution < 1.29 is 165 Å². The summed E-state index contributed by atoms with van der Waals surface area (Å²) in [5, 5.41) is 2.22. The van der Waals surface area contributed by atoms with Crippen molar-refractivity contribution in [2.45, 2.75) is 82.1 Å². The second kappa shape index (κ2) is 25.3. The van der Waals surface area contributed by atoms with Gasteiger partial charge in [-0.1, -0.05) is 59.9 Å². The van der Waals surface area contributed by atoms with Crippen LogP contribution in [0, 0.1) is 0 Å². The van der Waals surface area contributed by atoms with E-state index in [9.17, 15) is 53.3 Å². The van der Waals surface area contributed by atoms with Crippen LogP contribution in [0.3, 0.4) is 0 Å². The van der Waals surface area contributed by atoms with E-state index in [4.69, 9.17) is 4.84 Å². The fourth-order valence-corrected chi connectivity index (χ4v) is 10.3. The Balaban J connectivity index is 0.00000496. The number of aromatic nitrogens is 1. The number of amides is 2. The molecule has 2 aromatic carbocycles. The average Bonchev–Trinajstić information content (AvgIpc) is 3.77. The third-order valence-electron chi connectivity index (χ3n) is 9.25. The zero-order valence-electron chi connectivity index (χ0n) is 33.9. The number of hydrogen-bond donors (Lipinski definition) is 0. The zero-order valence-corrected chi connectivity index (χ0v) is 44.2. The minimum absolute atomic E-state index is 0. The summed E-state index contributed by atoms with van der Waals surface area (Å²) in [4.78, 5) is 43.8. The molecule has 0 atom stereocenters. The van der Waals surface area contributed by atoms with Crippen LogP contribution in [-0.4, -0.2) is 85.6 Å². The van der Waals surface area contributed by atoms with Crippen LogP contribution in [0.2, 0.25) is 0 Å². The molecule has 0 radical (unpaired) electrons. The molecule has 5 rings (SSSR count). The van der Waals surface area contributed by atoms with Crippen LogP contribution in [0.4, 0.5) is 5.69 Å². The van der Waals surface area contributed by atoms with Crippen LogP contribution >= 0.6 is 23.1 Å². The first-order valence-electron chi connectivity index (χ1n) is 18.8. The minimum Gasteiger partial charge on any atom is -0.748 e. The van der Waals surface area contributed by atoms with Gasteiger partial charge in [0, 0.05) is 66.5 Å². The molecule has 0 spiro atoms. The van der Waals surface area contributed by atoms with Gasteiger partial charge in [0.2, 0.25) is 5.52 Å². The Morgan fingerprint density at radius 2 is 1.36 bits per heavy atom. The van der Waals surface area contributed by atoms with E-state index < -0.39 is 65.4 Å².